The lowest BCUT2D eigenvalue weighted by Gasteiger charge is -2.15. The summed E-state index contributed by atoms with van der Waals surface area (Å²) in [6, 6.07) is 7.85. The maximum atomic E-state index is 13.6. The Hall–Kier alpha value is -1.65. The van der Waals surface area contributed by atoms with Crippen LogP contribution in [0.3, 0.4) is 0 Å². The number of hydrogen-bond acceptors (Lipinski definition) is 3. The van der Waals surface area contributed by atoms with Crippen molar-refractivity contribution >= 4 is 0 Å². The molecule has 1 aromatic heterocycles. The molecule has 1 unspecified atom stereocenters. The molecule has 0 fully saturated rings. The van der Waals surface area contributed by atoms with Gasteiger partial charge in [0.25, 0.3) is 0 Å². The van der Waals surface area contributed by atoms with Gasteiger partial charge in [-0.25, -0.2) is 9.82 Å². The summed E-state index contributed by atoms with van der Waals surface area (Å²) in [6.07, 6.45) is 1.57. The van der Waals surface area contributed by atoms with Crippen molar-refractivity contribution < 1.29 is 8.81 Å². The number of hydrazine groups is 1. The van der Waals surface area contributed by atoms with Gasteiger partial charge in [-0.2, -0.15) is 0 Å². The average Bonchev–Trinajstić information content (AvgIpc) is 2.69. The van der Waals surface area contributed by atoms with Gasteiger partial charge in [-0.15, -0.1) is 0 Å². The first-order chi connectivity index (χ1) is 7.74. The summed E-state index contributed by atoms with van der Waals surface area (Å²) < 4.78 is 18.9. The van der Waals surface area contributed by atoms with E-state index in [9.17, 15) is 4.39 Å². The Morgan fingerprint density at radius 3 is 2.62 bits per heavy atom. The molecule has 2 rings (SSSR count). The Morgan fingerprint density at radius 2 is 2.06 bits per heavy atom. The minimum atomic E-state index is -0.462. The number of hydrogen-bond donors (Lipinski definition) is 2. The quantitative estimate of drug-likeness (QED) is 0.616. The Bertz CT molecular complexity index is 481. The van der Waals surface area contributed by atoms with Gasteiger partial charge < -0.3 is 4.42 Å². The minimum absolute atomic E-state index is 0.304. The smallest absolute Gasteiger partial charge is 0.129 e. The van der Waals surface area contributed by atoms with Gasteiger partial charge in [0, 0.05) is 5.56 Å². The molecule has 1 aromatic carbocycles. The first-order valence-electron chi connectivity index (χ1n) is 4.98. The van der Waals surface area contributed by atoms with Crippen molar-refractivity contribution in [1.82, 2.24) is 5.43 Å². The van der Waals surface area contributed by atoms with Crippen LogP contribution in [-0.2, 0) is 0 Å². The van der Waals surface area contributed by atoms with Gasteiger partial charge in [0.1, 0.15) is 17.6 Å². The molecule has 0 aliphatic heterocycles. The fraction of sp³-hybridized carbons (Fsp3) is 0.167. The molecular weight excluding hydrogens is 207 g/mol. The summed E-state index contributed by atoms with van der Waals surface area (Å²) >= 11 is 0. The number of nitrogens with two attached hydrogens (primary N) is 1. The van der Waals surface area contributed by atoms with Gasteiger partial charge >= 0.3 is 0 Å². The monoisotopic (exact) mass is 220 g/mol. The van der Waals surface area contributed by atoms with Gasteiger partial charge in [-0.3, -0.25) is 5.84 Å². The SMILES string of the molecule is Cc1ccoc1C(NN)c1ccccc1F. The molecule has 16 heavy (non-hydrogen) atoms. The van der Waals surface area contributed by atoms with Crippen molar-refractivity contribution in [2.75, 3.05) is 0 Å². The van der Waals surface area contributed by atoms with E-state index in [2.05, 4.69) is 5.43 Å². The second kappa shape index (κ2) is 4.47. The summed E-state index contributed by atoms with van der Waals surface area (Å²) in [6.45, 7) is 1.89. The molecule has 0 saturated carbocycles. The highest BCUT2D eigenvalue weighted by Gasteiger charge is 2.20. The summed E-state index contributed by atoms with van der Waals surface area (Å²) in [5.74, 6) is 5.78. The van der Waals surface area contributed by atoms with Gasteiger partial charge in [0.05, 0.1) is 6.26 Å². The molecular formula is C12H13FN2O. The fourth-order valence-corrected chi connectivity index (χ4v) is 1.70. The zero-order valence-corrected chi connectivity index (χ0v) is 8.91. The van der Waals surface area contributed by atoms with Gasteiger partial charge in [-0.05, 0) is 24.6 Å². The standard InChI is InChI=1S/C12H13FN2O/c1-8-6-7-16-12(8)11(15-14)9-4-2-3-5-10(9)13/h2-7,11,15H,14H2,1H3. The molecule has 1 atom stereocenters. The first-order valence-corrected chi connectivity index (χ1v) is 4.98. The van der Waals surface area contributed by atoms with Crippen LogP contribution in [0.2, 0.25) is 0 Å². The maximum absolute atomic E-state index is 13.6. The summed E-state index contributed by atoms with van der Waals surface area (Å²) in [5, 5.41) is 0. The molecule has 0 radical (unpaired) electrons. The van der Waals surface area contributed by atoms with Crippen molar-refractivity contribution in [1.29, 1.82) is 0 Å². The molecule has 4 heteroatoms. The predicted octanol–water partition coefficient (Wildman–Crippen LogP) is 2.28. The van der Waals surface area contributed by atoms with Crippen LogP contribution in [0.15, 0.2) is 41.0 Å². The van der Waals surface area contributed by atoms with E-state index in [1.165, 1.54) is 6.07 Å². The van der Waals surface area contributed by atoms with E-state index < -0.39 is 6.04 Å². The van der Waals surface area contributed by atoms with E-state index >= 15 is 0 Å². The van der Waals surface area contributed by atoms with Crippen molar-refractivity contribution in [2.24, 2.45) is 5.84 Å². The third-order valence-electron chi connectivity index (χ3n) is 2.55. The van der Waals surface area contributed by atoms with Crippen LogP contribution < -0.4 is 11.3 Å². The van der Waals surface area contributed by atoms with Crippen LogP contribution in [-0.4, -0.2) is 0 Å². The molecule has 0 aliphatic rings. The summed E-state index contributed by atoms with van der Waals surface area (Å²) in [5.41, 5.74) is 3.98. The lowest BCUT2D eigenvalue weighted by atomic mass is 10.0. The highest BCUT2D eigenvalue weighted by Crippen LogP contribution is 2.26. The Kier molecular flexibility index (Phi) is 3.03. The van der Waals surface area contributed by atoms with E-state index in [4.69, 9.17) is 10.3 Å². The molecule has 3 N–H and O–H groups in total. The van der Waals surface area contributed by atoms with E-state index in [1.54, 1.807) is 24.5 Å². The molecule has 3 nitrogen and oxygen atoms in total. The van der Waals surface area contributed by atoms with Crippen LogP contribution >= 0.6 is 0 Å². The fourth-order valence-electron chi connectivity index (χ4n) is 1.70. The van der Waals surface area contributed by atoms with Crippen LogP contribution in [0, 0.1) is 12.7 Å². The number of benzene rings is 1. The van der Waals surface area contributed by atoms with E-state index in [0.29, 0.717) is 11.3 Å². The third kappa shape index (κ3) is 1.85. The van der Waals surface area contributed by atoms with Gasteiger partial charge in [0.15, 0.2) is 0 Å². The lowest BCUT2D eigenvalue weighted by Crippen LogP contribution is -2.29. The van der Waals surface area contributed by atoms with Crippen molar-refractivity contribution in [3.8, 4) is 0 Å². The normalized spacial score (nSPS) is 12.7. The minimum Gasteiger partial charge on any atom is -0.467 e. The van der Waals surface area contributed by atoms with E-state index in [1.807, 2.05) is 13.0 Å². The number of halogens is 1. The first kappa shape index (κ1) is 10.9. The number of nitrogens with one attached hydrogen (secondary N) is 1. The highest BCUT2D eigenvalue weighted by atomic mass is 19.1. The molecule has 0 spiro atoms. The number of rotatable bonds is 3. The van der Waals surface area contributed by atoms with E-state index in [0.717, 1.165) is 5.56 Å². The lowest BCUT2D eigenvalue weighted by molar-refractivity contribution is 0.439. The Labute approximate surface area is 93.0 Å². The molecule has 84 valence electrons. The topological polar surface area (TPSA) is 51.2 Å². The van der Waals surface area contributed by atoms with Crippen LogP contribution in [0.25, 0.3) is 0 Å². The second-order valence-electron chi connectivity index (χ2n) is 3.59. The molecule has 1 heterocycles. The number of aryl methyl sites for hydroxylation is 1. The van der Waals surface area contributed by atoms with E-state index in [-0.39, 0.29) is 5.82 Å². The zero-order chi connectivity index (χ0) is 11.5. The van der Waals surface area contributed by atoms with Crippen LogP contribution in [0.5, 0.6) is 0 Å². The molecule has 0 amide bonds. The van der Waals surface area contributed by atoms with Crippen molar-refractivity contribution in [3.63, 3.8) is 0 Å². The summed E-state index contributed by atoms with van der Waals surface area (Å²) in [4.78, 5) is 0. The van der Waals surface area contributed by atoms with Crippen molar-refractivity contribution in [3.05, 3.63) is 59.3 Å². The van der Waals surface area contributed by atoms with Crippen molar-refractivity contribution in [2.45, 2.75) is 13.0 Å². The van der Waals surface area contributed by atoms with Gasteiger partial charge in [0.2, 0.25) is 0 Å². The highest BCUT2D eigenvalue weighted by molar-refractivity contribution is 5.31. The maximum Gasteiger partial charge on any atom is 0.129 e. The third-order valence-corrected chi connectivity index (χ3v) is 2.55. The number of furan rings is 1. The molecule has 0 bridgehead atoms. The molecule has 0 saturated heterocycles. The average molecular weight is 220 g/mol. The summed E-state index contributed by atoms with van der Waals surface area (Å²) in [7, 11) is 0. The largest absolute Gasteiger partial charge is 0.467 e. The predicted molar refractivity (Wildman–Crippen MR) is 59.0 cm³/mol. The Morgan fingerprint density at radius 1 is 1.31 bits per heavy atom. The van der Waals surface area contributed by atoms with Gasteiger partial charge in [-0.1, -0.05) is 18.2 Å². The van der Waals surface area contributed by atoms with Crippen LogP contribution in [0.4, 0.5) is 4.39 Å². The Balaban J connectivity index is 2.45. The van der Waals surface area contributed by atoms with Crippen LogP contribution in [0.1, 0.15) is 22.9 Å². The second-order valence-corrected chi connectivity index (χ2v) is 3.59. The molecule has 2 aromatic rings. The zero-order valence-electron chi connectivity index (χ0n) is 8.91. The molecule has 0 aliphatic carbocycles.